The van der Waals surface area contributed by atoms with Crippen LogP contribution in [0.15, 0.2) is 18.2 Å². The Kier molecular flexibility index (Phi) is 3.63. The Morgan fingerprint density at radius 2 is 2.15 bits per heavy atom. The van der Waals surface area contributed by atoms with Crippen molar-refractivity contribution in [2.45, 2.75) is 12.5 Å². The number of hydrogen-bond acceptors (Lipinski definition) is 1. The maximum Gasteiger partial charge on any atom is 0.141 e. The fraction of sp³-hybridized carbons (Fsp3) is 0.333. The third-order valence-corrected chi connectivity index (χ3v) is 2.08. The van der Waals surface area contributed by atoms with Crippen LogP contribution in [0.3, 0.4) is 0 Å². The fourth-order valence-corrected chi connectivity index (χ4v) is 1.22. The zero-order valence-electron chi connectivity index (χ0n) is 6.93. The van der Waals surface area contributed by atoms with Crippen LogP contribution in [0.2, 0.25) is 5.02 Å². The monoisotopic (exact) mass is 205 g/mol. The van der Waals surface area contributed by atoms with Crippen LogP contribution < -0.4 is 5.73 Å². The normalized spacial score (nSPS) is 12.9. The zero-order chi connectivity index (χ0) is 9.84. The molecule has 1 atom stereocenters. The van der Waals surface area contributed by atoms with Gasteiger partial charge in [-0.05, 0) is 24.1 Å². The van der Waals surface area contributed by atoms with E-state index >= 15 is 0 Å². The quantitative estimate of drug-likeness (QED) is 0.807. The standard InChI is InChI=1S/C9H10ClF2N/c10-7-5-6(1-2-8(7)12)9(13)3-4-11/h1-2,5,9H,3-4,13H2/t9-/m0/s1. The molecule has 0 spiro atoms. The Bertz CT molecular complexity index is 291. The topological polar surface area (TPSA) is 26.0 Å². The Labute approximate surface area is 80.5 Å². The van der Waals surface area contributed by atoms with Crippen LogP contribution in [0.1, 0.15) is 18.0 Å². The van der Waals surface area contributed by atoms with Gasteiger partial charge < -0.3 is 5.73 Å². The van der Waals surface area contributed by atoms with E-state index in [2.05, 4.69) is 0 Å². The van der Waals surface area contributed by atoms with Crippen molar-refractivity contribution >= 4 is 11.6 Å². The summed E-state index contributed by atoms with van der Waals surface area (Å²) in [6.07, 6.45) is 0.224. The van der Waals surface area contributed by atoms with Crippen LogP contribution in [-0.4, -0.2) is 6.67 Å². The summed E-state index contributed by atoms with van der Waals surface area (Å²) >= 11 is 5.53. The minimum Gasteiger partial charge on any atom is -0.324 e. The largest absolute Gasteiger partial charge is 0.324 e. The number of benzene rings is 1. The highest BCUT2D eigenvalue weighted by molar-refractivity contribution is 6.30. The van der Waals surface area contributed by atoms with Gasteiger partial charge in [0.25, 0.3) is 0 Å². The number of alkyl halides is 1. The molecule has 0 amide bonds. The number of halogens is 3. The lowest BCUT2D eigenvalue weighted by atomic mass is 10.1. The second-order valence-corrected chi connectivity index (χ2v) is 3.16. The summed E-state index contributed by atoms with van der Waals surface area (Å²) in [5, 5.41) is 0.0202. The highest BCUT2D eigenvalue weighted by Gasteiger charge is 2.07. The lowest BCUT2D eigenvalue weighted by Crippen LogP contribution is -2.10. The summed E-state index contributed by atoms with van der Waals surface area (Å²) < 4.78 is 24.6. The van der Waals surface area contributed by atoms with Crippen molar-refractivity contribution in [1.29, 1.82) is 0 Å². The highest BCUT2D eigenvalue weighted by atomic mass is 35.5. The third-order valence-electron chi connectivity index (χ3n) is 1.79. The number of hydrogen-bond donors (Lipinski definition) is 1. The van der Waals surface area contributed by atoms with E-state index in [4.69, 9.17) is 17.3 Å². The summed E-state index contributed by atoms with van der Waals surface area (Å²) in [4.78, 5) is 0. The Morgan fingerprint density at radius 3 is 2.69 bits per heavy atom. The Balaban J connectivity index is 2.84. The molecule has 0 saturated carbocycles. The van der Waals surface area contributed by atoms with Gasteiger partial charge in [-0.25, -0.2) is 4.39 Å². The molecule has 4 heteroatoms. The van der Waals surface area contributed by atoms with Crippen molar-refractivity contribution in [3.8, 4) is 0 Å². The molecule has 0 aliphatic rings. The lowest BCUT2D eigenvalue weighted by molar-refractivity contribution is 0.441. The molecular formula is C9H10ClF2N. The average molecular weight is 206 g/mol. The summed E-state index contributed by atoms with van der Waals surface area (Å²) in [5.41, 5.74) is 6.26. The number of nitrogens with two attached hydrogens (primary N) is 1. The summed E-state index contributed by atoms with van der Waals surface area (Å²) in [7, 11) is 0. The first-order valence-corrected chi connectivity index (χ1v) is 4.29. The van der Waals surface area contributed by atoms with E-state index in [1.807, 2.05) is 0 Å². The van der Waals surface area contributed by atoms with Gasteiger partial charge in [-0.1, -0.05) is 17.7 Å². The molecule has 1 rings (SSSR count). The van der Waals surface area contributed by atoms with E-state index in [0.29, 0.717) is 5.56 Å². The van der Waals surface area contributed by atoms with Crippen LogP contribution in [0.5, 0.6) is 0 Å². The molecule has 0 radical (unpaired) electrons. The summed E-state index contributed by atoms with van der Waals surface area (Å²) in [6.45, 7) is -0.490. The molecule has 1 aromatic rings. The van der Waals surface area contributed by atoms with Crippen molar-refractivity contribution in [3.05, 3.63) is 34.6 Å². The third kappa shape index (κ3) is 2.64. The fourth-order valence-electron chi connectivity index (χ4n) is 1.03. The van der Waals surface area contributed by atoms with Gasteiger partial charge in [-0.3, -0.25) is 4.39 Å². The van der Waals surface area contributed by atoms with Crippen LogP contribution in [0, 0.1) is 5.82 Å². The molecule has 0 aliphatic carbocycles. The Hall–Kier alpha value is -0.670. The number of rotatable bonds is 3. The van der Waals surface area contributed by atoms with E-state index in [0.717, 1.165) is 0 Å². The van der Waals surface area contributed by atoms with Crippen LogP contribution >= 0.6 is 11.6 Å². The molecule has 0 saturated heterocycles. The van der Waals surface area contributed by atoms with Crippen molar-refractivity contribution in [2.75, 3.05) is 6.67 Å². The van der Waals surface area contributed by atoms with Gasteiger partial charge in [-0.15, -0.1) is 0 Å². The SMILES string of the molecule is N[C@@H](CCF)c1ccc(F)c(Cl)c1. The lowest BCUT2D eigenvalue weighted by Gasteiger charge is -2.09. The maximum atomic E-state index is 12.7. The average Bonchev–Trinajstić information content (AvgIpc) is 2.10. The van der Waals surface area contributed by atoms with E-state index in [1.54, 1.807) is 0 Å². The molecule has 72 valence electrons. The molecule has 0 bridgehead atoms. The van der Waals surface area contributed by atoms with Gasteiger partial charge in [0.05, 0.1) is 11.7 Å². The molecule has 1 nitrogen and oxygen atoms in total. The first-order valence-electron chi connectivity index (χ1n) is 3.91. The second-order valence-electron chi connectivity index (χ2n) is 2.76. The molecule has 13 heavy (non-hydrogen) atoms. The van der Waals surface area contributed by atoms with Crippen molar-refractivity contribution < 1.29 is 8.78 Å². The molecule has 0 fully saturated rings. The van der Waals surface area contributed by atoms with E-state index in [-0.39, 0.29) is 11.4 Å². The molecule has 0 aliphatic heterocycles. The first-order chi connectivity index (χ1) is 6.15. The minimum atomic E-state index is -0.490. The molecule has 0 aromatic heterocycles. The van der Waals surface area contributed by atoms with E-state index in [9.17, 15) is 8.78 Å². The highest BCUT2D eigenvalue weighted by Crippen LogP contribution is 2.21. The molecule has 1 aromatic carbocycles. The van der Waals surface area contributed by atoms with Crippen molar-refractivity contribution in [2.24, 2.45) is 5.73 Å². The smallest absolute Gasteiger partial charge is 0.141 e. The van der Waals surface area contributed by atoms with E-state index < -0.39 is 18.5 Å². The second kappa shape index (κ2) is 4.53. The van der Waals surface area contributed by atoms with Gasteiger partial charge in [-0.2, -0.15) is 0 Å². The molecule has 2 N–H and O–H groups in total. The molecule has 0 heterocycles. The minimum absolute atomic E-state index is 0.0202. The van der Waals surface area contributed by atoms with Crippen molar-refractivity contribution in [1.82, 2.24) is 0 Å². The van der Waals surface area contributed by atoms with Crippen LogP contribution in [-0.2, 0) is 0 Å². The maximum absolute atomic E-state index is 12.7. The Morgan fingerprint density at radius 1 is 1.46 bits per heavy atom. The first kappa shape index (κ1) is 10.4. The van der Waals surface area contributed by atoms with Crippen LogP contribution in [0.25, 0.3) is 0 Å². The van der Waals surface area contributed by atoms with Gasteiger partial charge in [0.1, 0.15) is 5.82 Å². The summed E-state index contributed by atoms with van der Waals surface area (Å²) in [5.74, 6) is -0.488. The van der Waals surface area contributed by atoms with Gasteiger partial charge in [0, 0.05) is 6.04 Å². The predicted molar refractivity (Wildman–Crippen MR) is 48.9 cm³/mol. The van der Waals surface area contributed by atoms with Crippen LogP contribution in [0.4, 0.5) is 8.78 Å². The molecular weight excluding hydrogens is 196 g/mol. The molecule has 0 unspecified atom stereocenters. The van der Waals surface area contributed by atoms with E-state index in [1.165, 1.54) is 18.2 Å². The van der Waals surface area contributed by atoms with Gasteiger partial charge >= 0.3 is 0 Å². The summed E-state index contributed by atoms with van der Waals surface area (Å²) in [6, 6.07) is 3.76. The van der Waals surface area contributed by atoms with Gasteiger partial charge in [0.2, 0.25) is 0 Å². The predicted octanol–water partition coefficient (Wildman–Crippen LogP) is 2.84. The zero-order valence-corrected chi connectivity index (χ0v) is 7.69. The van der Waals surface area contributed by atoms with Crippen molar-refractivity contribution in [3.63, 3.8) is 0 Å². The van der Waals surface area contributed by atoms with Gasteiger partial charge in [0.15, 0.2) is 0 Å².